The molecule has 116 valence electrons. The van der Waals surface area contributed by atoms with E-state index in [4.69, 9.17) is 0 Å². The Kier molecular flexibility index (Phi) is 5.39. The van der Waals surface area contributed by atoms with Crippen molar-refractivity contribution in [3.63, 3.8) is 0 Å². The number of carbonyl (C=O) groups excluding carboxylic acids is 2. The summed E-state index contributed by atoms with van der Waals surface area (Å²) in [6.07, 6.45) is 3.26. The molecule has 21 heavy (non-hydrogen) atoms. The Labute approximate surface area is 130 Å². The molecular formula is C16H24N2O2S. The molecule has 2 N–H and O–H groups in total. The first-order valence-electron chi connectivity index (χ1n) is 7.64. The van der Waals surface area contributed by atoms with Gasteiger partial charge in [0.25, 0.3) is 5.91 Å². The summed E-state index contributed by atoms with van der Waals surface area (Å²) in [6.45, 7) is 6.92. The quantitative estimate of drug-likeness (QED) is 0.821. The third-order valence-corrected chi connectivity index (χ3v) is 4.93. The minimum absolute atomic E-state index is 0.0131. The molecule has 0 saturated heterocycles. The predicted octanol–water partition coefficient (Wildman–Crippen LogP) is 2.37. The fourth-order valence-electron chi connectivity index (χ4n) is 2.53. The van der Waals surface area contributed by atoms with Crippen molar-refractivity contribution in [2.45, 2.75) is 40.0 Å². The summed E-state index contributed by atoms with van der Waals surface area (Å²) in [5, 5.41) is 7.67. The van der Waals surface area contributed by atoms with E-state index in [-0.39, 0.29) is 17.7 Å². The lowest BCUT2D eigenvalue weighted by molar-refractivity contribution is -0.123. The van der Waals surface area contributed by atoms with E-state index in [1.165, 1.54) is 10.4 Å². The summed E-state index contributed by atoms with van der Waals surface area (Å²) in [4.78, 5) is 25.0. The molecule has 0 radical (unpaired) electrons. The van der Waals surface area contributed by atoms with Gasteiger partial charge in [0.1, 0.15) is 0 Å². The number of amides is 2. The van der Waals surface area contributed by atoms with Crippen molar-refractivity contribution in [1.82, 2.24) is 10.6 Å². The summed E-state index contributed by atoms with van der Waals surface area (Å²) in [7, 11) is 0. The van der Waals surface area contributed by atoms with Gasteiger partial charge in [-0.25, -0.2) is 0 Å². The van der Waals surface area contributed by atoms with Gasteiger partial charge in [-0.1, -0.05) is 20.8 Å². The van der Waals surface area contributed by atoms with E-state index in [1.54, 1.807) is 11.3 Å². The number of thiophene rings is 1. The average Bonchev–Trinajstić information content (AvgIpc) is 2.85. The van der Waals surface area contributed by atoms with Gasteiger partial charge in [0.15, 0.2) is 0 Å². The van der Waals surface area contributed by atoms with Gasteiger partial charge in [0.2, 0.25) is 5.91 Å². The van der Waals surface area contributed by atoms with Gasteiger partial charge in [-0.3, -0.25) is 9.59 Å². The van der Waals surface area contributed by atoms with E-state index in [1.807, 2.05) is 19.2 Å². The molecule has 1 aromatic heterocycles. The van der Waals surface area contributed by atoms with Gasteiger partial charge in [0.05, 0.1) is 5.56 Å². The first kappa shape index (κ1) is 16.0. The predicted molar refractivity (Wildman–Crippen MR) is 85.7 cm³/mol. The zero-order chi connectivity index (χ0) is 15.4. The maximum Gasteiger partial charge on any atom is 0.252 e. The lowest BCUT2D eigenvalue weighted by Crippen LogP contribution is -2.36. The molecule has 2 amide bonds. The second kappa shape index (κ2) is 7.07. The van der Waals surface area contributed by atoms with Crippen molar-refractivity contribution in [3.8, 4) is 0 Å². The number of fused-ring (bicyclic) bond motifs is 1. The first-order valence-corrected chi connectivity index (χ1v) is 8.52. The summed E-state index contributed by atoms with van der Waals surface area (Å²) >= 11 is 1.70. The van der Waals surface area contributed by atoms with E-state index in [9.17, 15) is 9.59 Å². The van der Waals surface area contributed by atoms with Gasteiger partial charge >= 0.3 is 0 Å². The van der Waals surface area contributed by atoms with Crippen LogP contribution in [0.5, 0.6) is 0 Å². The van der Waals surface area contributed by atoms with E-state index >= 15 is 0 Å². The maximum atomic E-state index is 12.2. The molecule has 0 aromatic carbocycles. The molecule has 5 heteroatoms. The summed E-state index contributed by atoms with van der Waals surface area (Å²) < 4.78 is 0. The second-order valence-corrected chi connectivity index (χ2v) is 7.06. The summed E-state index contributed by atoms with van der Waals surface area (Å²) in [5.74, 6) is 0.705. The van der Waals surface area contributed by atoms with Gasteiger partial charge in [-0.15, -0.1) is 11.3 Å². The highest BCUT2D eigenvalue weighted by atomic mass is 32.1. The van der Waals surface area contributed by atoms with Crippen LogP contribution in [0.3, 0.4) is 0 Å². The molecule has 0 aliphatic heterocycles. The van der Waals surface area contributed by atoms with Crippen LogP contribution < -0.4 is 10.6 Å². The number of rotatable bonds is 5. The van der Waals surface area contributed by atoms with Crippen LogP contribution in [0, 0.1) is 11.8 Å². The minimum Gasteiger partial charge on any atom is -0.354 e. The van der Waals surface area contributed by atoms with Crippen molar-refractivity contribution in [2.24, 2.45) is 11.8 Å². The molecule has 4 nitrogen and oxygen atoms in total. The van der Waals surface area contributed by atoms with E-state index < -0.39 is 0 Å². The monoisotopic (exact) mass is 308 g/mol. The van der Waals surface area contributed by atoms with Crippen LogP contribution in [0.4, 0.5) is 0 Å². The molecule has 0 bridgehead atoms. The van der Waals surface area contributed by atoms with Gasteiger partial charge in [0, 0.05) is 29.3 Å². The van der Waals surface area contributed by atoms with Crippen molar-refractivity contribution in [1.29, 1.82) is 0 Å². The van der Waals surface area contributed by atoms with E-state index in [0.717, 1.165) is 30.7 Å². The largest absolute Gasteiger partial charge is 0.354 e. The van der Waals surface area contributed by atoms with Crippen molar-refractivity contribution >= 4 is 23.2 Å². The average molecular weight is 308 g/mol. The van der Waals surface area contributed by atoms with Crippen LogP contribution in [0.2, 0.25) is 0 Å². The van der Waals surface area contributed by atoms with Crippen molar-refractivity contribution in [3.05, 3.63) is 21.4 Å². The number of hydrogen-bond acceptors (Lipinski definition) is 3. The highest BCUT2D eigenvalue weighted by Crippen LogP contribution is 2.32. The highest BCUT2D eigenvalue weighted by molar-refractivity contribution is 7.10. The van der Waals surface area contributed by atoms with Crippen LogP contribution in [-0.2, 0) is 17.6 Å². The summed E-state index contributed by atoms with van der Waals surface area (Å²) in [5.41, 5.74) is 2.07. The third kappa shape index (κ3) is 4.06. The molecule has 1 atom stereocenters. The standard InChI is InChI=1S/C16H24N2O2S/c1-10(2)15(19)17-6-7-18-16(20)13-9-21-14-8-11(3)4-5-12(13)14/h9-11H,4-8H2,1-3H3,(H,17,19)(H,18,20)/t11-/m1/s1. The zero-order valence-corrected chi connectivity index (χ0v) is 13.8. The highest BCUT2D eigenvalue weighted by Gasteiger charge is 2.22. The number of carbonyl (C=O) groups is 2. The fourth-order valence-corrected chi connectivity index (χ4v) is 3.77. The summed E-state index contributed by atoms with van der Waals surface area (Å²) in [6, 6.07) is 0. The Hall–Kier alpha value is -1.36. The van der Waals surface area contributed by atoms with Crippen molar-refractivity contribution in [2.75, 3.05) is 13.1 Å². The maximum absolute atomic E-state index is 12.2. The molecule has 0 fully saturated rings. The smallest absolute Gasteiger partial charge is 0.252 e. The Bertz CT molecular complexity index is 522. The van der Waals surface area contributed by atoms with E-state index in [0.29, 0.717) is 13.1 Å². The molecule has 1 aliphatic carbocycles. The molecule has 0 unspecified atom stereocenters. The zero-order valence-electron chi connectivity index (χ0n) is 13.0. The van der Waals surface area contributed by atoms with Crippen LogP contribution in [0.15, 0.2) is 5.38 Å². The molecule has 1 aliphatic rings. The molecule has 2 rings (SSSR count). The van der Waals surface area contributed by atoms with Crippen LogP contribution in [0.25, 0.3) is 0 Å². The van der Waals surface area contributed by atoms with E-state index in [2.05, 4.69) is 17.6 Å². The Morgan fingerprint density at radius 2 is 2.05 bits per heavy atom. The Morgan fingerprint density at radius 1 is 1.33 bits per heavy atom. The van der Waals surface area contributed by atoms with Gasteiger partial charge < -0.3 is 10.6 Å². The minimum atomic E-state index is -0.0217. The third-order valence-electron chi connectivity index (χ3n) is 3.88. The lowest BCUT2D eigenvalue weighted by Gasteiger charge is -2.18. The Balaban J connectivity index is 1.83. The van der Waals surface area contributed by atoms with Gasteiger partial charge in [-0.2, -0.15) is 0 Å². The topological polar surface area (TPSA) is 58.2 Å². The SMILES string of the molecule is CC(C)C(=O)NCCNC(=O)c1csc2c1CC[C@@H](C)C2. The van der Waals surface area contributed by atoms with Crippen molar-refractivity contribution < 1.29 is 9.59 Å². The second-order valence-electron chi connectivity index (χ2n) is 6.10. The van der Waals surface area contributed by atoms with Gasteiger partial charge in [-0.05, 0) is 30.7 Å². The first-order chi connectivity index (χ1) is 9.99. The molecule has 1 aromatic rings. The van der Waals surface area contributed by atoms with Crippen LogP contribution in [-0.4, -0.2) is 24.9 Å². The lowest BCUT2D eigenvalue weighted by atomic mass is 9.88. The number of hydrogen-bond donors (Lipinski definition) is 2. The Morgan fingerprint density at radius 3 is 2.76 bits per heavy atom. The molecular weight excluding hydrogens is 284 g/mol. The normalized spacial score (nSPS) is 17.4. The molecule has 0 saturated carbocycles. The van der Waals surface area contributed by atoms with Crippen LogP contribution >= 0.6 is 11.3 Å². The molecule has 0 spiro atoms. The number of nitrogens with one attached hydrogen (secondary N) is 2. The molecule has 1 heterocycles. The van der Waals surface area contributed by atoms with Crippen LogP contribution in [0.1, 0.15) is 48.0 Å². The fraction of sp³-hybridized carbons (Fsp3) is 0.625.